The van der Waals surface area contributed by atoms with Crippen molar-refractivity contribution in [1.82, 2.24) is 15.1 Å². The molecule has 2 aromatic carbocycles. The summed E-state index contributed by atoms with van der Waals surface area (Å²) in [5.74, 6) is 0.838. The summed E-state index contributed by atoms with van der Waals surface area (Å²) in [5, 5.41) is 3.16. The van der Waals surface area contributed by atoms with E-state index in [1.807, 2.05) is 31.1 Å². The molecule has 3 rings (SSSR count). The molecular weight excluding hydrogens is 350 g/mol. The Hall–Kier alpha value is -2.53. The zero-order valence-corrected chi connectivity index (χ0v) is 17.3. The molecule has 1 aliphatic rings. The molecule has 0 aromatic heterocycles. The summed E-state index contributed by atoms with van der Waals surface area (Å²) in [4.78, 5) is 17.0. The molecular formula is C23H31N3O2. The van der Waals surface area contributed by atoms with Crippen LogP contribution in [0, 0.1) is 6.92 Å². The number of nitrogens with zero attached hydrogens (tertiary/aromatic N) is 2. The fraction of sp³-hybridized carbons (Fsp3) is 0.435. The number of urea groups is 1. The van der Waals surface area contributed by atoms with Gasteiger partial charge in [0.05, 0.1) is 19.2 Å². The SMILES string of the molecule is COc1ccc(C2CCCN2C(=O)NCC(c2ccc(C)cc2)N(C)C)cc1. The fourth-order valence-corrected chi connectivity index (χ4v) is 3.86. The Morgan fingerprint density at radius 1 is 1.18 bits per heavy atom. The topological polar surface area (TPSA) is 44.8 Å². The Balaban J connectivity index is 1.65. The minimum absolute atomic E-state index is 0.0114. The lowest BCUT2D eigenvalue weighted by Crippen LogP contribution is -2.43. The summed E-state index contributed by atoms with van der Waals surface area (Å²) < 4.78 is 5.25. The second kappa shape index (κ2) is 9.11. The fourth-order valence-electron chi connectivity index (χ4n) is 3.86. The predicted molar refractivity (Wildman–Crippen MR) is 113 cm³/mol. The number of carbonyl (C=O) groups excluding carboxylic acids is 1. The third-order valence-electron chi connectivity index (χ3n) is 5.55. The maximum absolute atomic E-state index is 12.9. The van der Waals surface area contributed by atoms with Crippen LogP contribution in [0.1, 0.15) is 41.6 Å². The van der Waals surface area contributed by atoms with Gasteiger partial charge in [0, 0.05) is 13.1 Å². The first-order chi connectivity index (χ1) is 13.5. The van der Waals surface area contributed by atoms with Crippen molar-refractivity contribution in [1.29, 1.82) is 0 Å². The first-order valence-corrected chi connectivity index (χ1v) is 9.91. The number of likely N-dealkylation sites (N-methyl/N-ethyl adjacent to an activating group) is 1. The maximum atomic E-state index is 12.9. The highest BCUT2D eigenvalue weighted by atomic mass is 16.5. The first-order valence-electron chi connectivity index (χ1n) is 9.91. The molecule has 5 heteroatoms. The molecule has 0 spiro atoms. The van der Waals surface area contributed by atoms with Gasteiger partial charge in [0.25, 0.3) is 0 Å². The summed E-state index contributed by atoms with van der Waals surface area (Å²) in [6.07, 6.45) is 2.02. The molecule has 1 N–H and O–H groups in total. The van der Waals surface area contributed by atoms with Crippen molar-refractivity contribution in [2.75, 3.05) is 34.3 Å². The van der Waals surface area contributed by atoms with Gasteiger partial charge in [-0.25, -0.2) is 4.79 Å². The van der Waals surface area contributed by atoms with Crippen LogP contribution in [0.4, 0.5) is 4.79 Å². The maximum Gasteiger partial charge on any atom is 0.317 e. The van der Waals surface area contributed by atoms with Gasteiger partial charge in [-0.3, -0.25) is 0 Å². The molecule has 1 fully saturated rings. The van der Waals surface area contributed by atoms with Gasteiger partial charge in [-0.05, 0) is 57.1 Å². The van der Waals surface area contributed by atoms with Gasteiger partial charge in [-0.15, -0.1) is 0 Å². The predicted octanol–water partition coefficient (Wildman–Crippen LogP) is 4.15. The number of amides is 2. The molecule has 5 nitrogen and oxygen atoms in total. The smallest absolute Gasteiger partial charge is 0.317 e. The van der Waals surface area contributed by atoms with Crippen LogP contribution in [0.3, 0.4) is 0 Å². The molecule has 28 heavy (non-hydrogen) atoms. The number of hydrogen-bond acceptors (Lipinski definition) is 3. The second-order valence-electron chi connectivity index (χ2n) is 7.70. The van der Waals surface area contributed by atoms with E-state index in [1.165, 1.54) is 11.1 Å². The molecule has 0 saturated carbocycles. The highest BCUT2D eigenvalue weighted by molar-refractivity contribution is 5.75. The van der Waals surface area contributed by atoms with E-state index >= 15 is 0 Å². The number of hydrogen-bond donors (Lipinski definition) is 1. The molecule has 2 aromatic rings. The number of nitrogens with one attached hydrogen (secondary N) is 1. The van der Waals surface area contributed by atoms with E-state index in [4.69, 9.17) is 4.74 Å². The minimum atomic E-state index is 0.0114. The first kappa shape index (κ1) is 20.2. The van der Waals surface area contributed by atoms with Gasteiger partial charge in [-0.1, -0.05) is 42.0 Å². The molecule has 1 saturated heterocycles. The van der Waals surface area contributed by atoms with Gasteiger partial charge in [0.2, 0.25) is 0 Å². The van der Waals surface area contributed by atoms with Gasteiger partial charge in [0.15, 0.2) is 0 Å². The van der Waals surface area contributed by atoms with Crippen molar-refractivity contribution in [2.45, 2.75) is 31.8 Å². The Morgan fingerprint density at radius 3 is 2.46 bits per heavy atom. The van der Waals surface area contributed by atoms with Gasteiger partial charge in [0.1, 0.15) is 5.75 Å². The number of rotatable bonds is 6. The van der Waals surface area contributed by atoms with E-state index < -0.39 is 0 Å². The minimum Gasteiger partial charge on any atom is -0.497 e. The molecule has 2 atom stereocenters. The lowest BCUT2D eigenvalue weighted by Gasteiger charge is -2.29. The standard InChI is InChI=1S/C23H31N3O2/c1-17-7-9-19(10-8-17)22(25(2)3)16-24-23(27)26-15-5-6-21(26)18-11-13-20(28-4)14-12-18/h7-14,21-22H,5-6,15-16H2,1-4H3,(H,24,27). The van der Waals surface area contributed by atoms with Gasteiger partial charge >= 0.3 is 6.03 Å². The summed E-state index contributed by atoms with van der Waals surface area (Å²) in [7, 11) is 5.76. The van der Waals surface area contributed by atoms with Crippen molar-refractivity contribution < 1.29 is 9.53 Å². The molecule has 0 radical (unpaired) electrons. The third-order valence-corrected chi connectivity index (χ3v) is 5.55. The number of benzene rings is 2. The van der Waals surface area contributed by atoms with Crippen LogP contribution in [0.2, 0.25) is 0 Å². The van der Waals surface area contributed by atoms with E-state index in [2.05, 4.69) is 53.5 Å². The van der Waals surface area contributed by atoms with Crippen molar-refractivity contribution in [3.63, 3.8) is 0 Å². The van der Waals surface area contributed by atoms with Gasteiger partial charge < -0.3 is 19.9 Å². The molecule has 0 bridgehead atoms. The Kier molecular flexibility index (Phi) is 6.57. The van der Waals surface area contributed by atoms with E-state index in [1.54, 1.807) is 7.11 Å². The van der Waals surface area contributed by atoms with Crippen LogP contribution in [0.25, 0.3) is 0 Å². The lowest BCUT2D eigenvalue weighted by molar-refractivity contribution is 0.187. The van der Waals surface area contributed by atoms with E-state index in [0.29, 0.717) is 6.54 Å². The molecule has 150 valence electrons. The zero-order valence-electron chi connectivity index (χ0n) is 17.3. The van der Waals surface area contributed by atoms with Crippen molar-refractivity contribution in [3.05, 3.63) is 65.2 Å². The molecule has 0 aliphatic carbocycles. The highest BCUT2D eigenvalue weighted by Gasteiger charge is 2.30. The lowest BCUT2D eigenvalue weighted by atomic mass is 10.0. The van der Waals surface area contributed by atoms with E-state index in [-0.39, 0.29) is 18.1 Å². The van der Waals surface area contributed by atoms with E-state index in [0.717, 1.165) is 30.7 Å². The summed E-state index contributed by atoms with van der Waals surface area (Å²) in [6.45, 7) is 3.46. The van der Waals surface area contributed by atoms with Crippen LogP contribution in [0.15, 0.2) is 48.5 Å². The van der Waals surface area contributed by atoms with Crippen molar-refractivity contribution in [3.8, 4) is 5.75 Å². The molecule has 2 unspecified atom stereocenters. The van der Waals surface area contributed by atoms with Crippen LogP contribution < -0.4 is 10.1 Å². The van der Waals surface area contributed by atoms with Crippen molar-refractivity contribution >= 4 is 6.03 Å². The second-order valence-corrected chi connectivity index (χ2v) is 7.70. The van der Waals surface area contributed by atoms with Crippen LogP contribution >= 0.6 is 0 Å². The van der Waals surface area contributed by atoms with E-state index in [9.17, 15) is 4.79 Å². The quantitative estimate of drug-likeness (QED) is 0.817. The summed E-state index contributed by atoms with van der Waals surface area (Å²) in [6, 6.07) is 16.8. The summed E-state index contributed by atoms with van der Waals surface area (Å²) >= 11 is 0. The number of carbonyl (C=O) groups is 1. The number of likely N-dealkylation sites (tertiary alicyclic amines) is 1. The molecule has 1 aliphatic heterocycles. The number of methoxy groups -OCH3 is 1. The monoisotopic (exact) mass is 381 g/mol. The number of ether oxygens (including phenoxy) is 1. The Labute approximate surface area is 168 Å². The third kappa shape index (κ3) is 4.65. The summed E-state index contributed by atoms with van der Waals surface area (Å²) in [5.41, 5.74) is 3.62. The Bertz CT molecular complexity index is 771. The Morgan fingerprint density at radius 2 is 1.86 bits per heavy atom. The molecule has 2 amide bonds. The normalized spacial score (nSPS) is 17.6. The van der Waals surface area contributed by atoms with Gasteiger partial charge in [-0.2, -0.15) is 0 Å². The highest BCUT2D eigenvalue weighted by Crippen LogP contribution is 2.32. The zero-order chi connectivity index (χ0) is 20.1. The van der Waals surface area contributed by atoms with Crippen LogP contribution in [0.5, 0.6) is 5.75 Å². The van der Waals surface area contributed by atoms with Crippen LogP contribution in [-0.2, 0) is 0 Å². The average Bonchev–Trinajstić information content (AvgIpc) is 3.19. The van der Waals surface area contributed by atoms with Crippen LogP contribution in [-0.4, -0.2) is 50.1 Å². The largest absolute Gasteiger partial charge is 0.497 e. The molecule has 1 heterocycles. The van der Waals surface area contributed by atoms with Crippen molar-refractivity contribution in [2.24, 2.45) is 0 Å². The number of aryl methyl sites for hydroxylation is 1. The average molecular weight is 382 g/mol.